The lowest BCUT2D eigenvalue weighted by molar-refractivity contribution is -0.139. The fourth-order valence-electron chi connectivity index (χ4n) is 3.62. The highest BCUT2D eigenvalue weighted by atomic mass is 79.9. The first-order chi connectivity index (χ1) is 17.6. The van der Waals surface area contributed by atoms with E-state index in [9.17, 15) is 18.0 Å². The fraction of sp³-hybridized carbons (Fsp3) is 0.259. The second-order valence-electron chi connectivity index (χ2n) is 8.42. The summed E-state index contributed by atoms with van der Waals surface area (Å²) in [6.07, 6.45) is 0.750. The molecule has 0 aliphatic rings. The van der Waals surface area contributed by atoms with Crippen molar-refractivity contribution in [1.82, 2.24) is 10.2 Å². The minimum atomic E-state index is -4.12. The molecule has 10 heteroatoms. The standard InChI is InChI=1S/C27H29BrClN3O4S/c1-3-17-30-27(34)20(2)31(18-21-9-11-22(28)12-10-21)26(33)19-32(24-7-5-4-6-8-24)37(35,36)25-15-13-23(29)14-16-25/h4-16,20H,3,17-19H2,1-2H3,(H,30,34)/t20-/m1/s1. The van der Waals surface area contributed by atoms with Crippen LogP contribution in [-0.4, -0.2) is 44.3 Å². The average molecular weight is 607 g/mol. The molecule has 0 unspecified atom stereocenters. The minimum Gasteiger partial charge on any atom is -0.354 e. The molecule has 0 radical (unpaired) electrons. The summed E-state index contributed by atoms with van der Waals surface area (Å²) < 4.78 is 29.3. The summed E-state index contributed by atoms with van der Waals surface area (Å²) in [6.45, 7) is 3.70. The second kappa shape index (κ2) is 13.1. The number of halogens is 2. The summed E-state index contributed by atoms with van der Waals surface area (Å²) in [4.78, 5) is 28.0. The van der Waals surface area contributed by atoms with Gasteiger partial charge in [0, 0.05) is 22.6 Å². The normalized spacial score (nSPS) is 12.0. The van der Waals surface area contributed by atoms with Gasteiger partial charge in [0.1, 0.15) is 12.6 Å². The number of nitrogens with one attached hydrogen (secondary N) is 1. The van der Waals surface area contributed by atoms with Crippen LogP contribution in [0.5, 0.6) is 0 Å². The lowest BCUT2D eigenvalue weighted by Gasteiger charge is -2.32. The SMILES string of the molecule is CCCNC(=O)[C@@H](C)N(Cc1ccc(Br)cc1)C(=O)CN(c1ccccc1)S(=O)(=O)c1ccc(Cl)cc1. The van der Waals surface area contributed by atoms with Crippen molar-refractivity contribution in [3.63, 3.8) is 0 Å². The van der Waals surface area contributed by atoms with Crippen LogP contribution in [-0.2, 0) is 26.2 Å². The summed E-state index contributed by atoms with van der Waals surface area (Å²) in [7, 11) is -4.12. The number of sulfonamides is 1. The minimum absolute atomic E-state index is 0.00162. The first kappa shape index (κ1) is 28.7. The Morgan fingerprint density at radius 3 is 2.19 bits per heavy atom. The van der Waals surface area contributed by atoms with Crippen LogP contribution in [0, 0.1) is 0 Å². The molecule has 0 saturated carbocycles. The molecule has 0 fully saturated rings. The number of hydrogen-bond donors (Lipinski definition) is 1. The number of amides is 2. The van der Waals surface area contributed by atoms with E-state index in [1.54, 1.807) is 37.3 Å². The molecular formula is C27H29BrClN3O4S. The van der Waals surface area contributed by atoms with Crippen LogP contribution >= 0.6 is 27.5 Å². The lowest BCUT2D eigenvalue weighted by atomic mass is 10.1. The Morgan fingerprint density at radius 2 is 1.59 bits per heavy atom. The maximum atomic E-state index is 13.8. The van der Waals surface area contributed by atoms with E-state index in [-0.39, 0.29) is 17.3 Å². The van der Waals surface area contributed by atoms with Crippen molar-refractivity contribution in [3.05, 3.63) is 93.9 Å². The monoisotopic (exact) mass is 605 g/mol. The number of anilines is 1. The van der Waals surface area contributed by atoms with Crippen molar-refractivity contribution in [2.24, 2.45) is 0 Å². The molecular weight excluding hydrogens is 578 g/mol. The zero-order valence-electron chi connectivity index (χ0n) is 20.6. The highest BCUT2D eigenvalue weighted by Crippen LogP contribution is 2.25. The topological polar surface area (TPSA) is 86.8 Å². The molecule has 37 heavy (non-hydrogen) atoms. The van der Waals surface area contributed by atoms with E-state index in [1.807, 2.05) is 31.2 Å². The molecule has 0 spiro atoms. The van der Waals surface area contributed by atoms with Gasteiger partial charge >= 0.3 is 0 Å². The van der Waals surface area contributed by atoms with E-state index in [1.165, 1.54) is 29.2 Å². The predicted molar refractivity (Wildman–Crippen MR) is 150 cm³/mol. The van der Waals surface area contributed by atoms with Crippen molar-refractivity contribution in [3.8, 4) is 0 Å². The molecule has 0 aromatic heterocycles. The maximum absolute atomic E-state index is 13.8. The lowest BCUT2D eigenvalue weighted by Crippen LogP contribution is -2.51. The van der Waals surface area contributed by atoms with Crippen LogP contribution in [0.3, 0.4) is 0 Å². The Kier molecular flexibility index (Phi) is 10.1. The van der Waals surface area contributed by atoms with Crippen LogP contribution in [0.4, 0.5) is 5.69 Å². The number of para-hydroxylation sites is 1. The number of benzene rings is 3. The third-order valence-corrected chi connectivity index (χ3v) is 8.28. The van der Waals surface area contributed by atoms with Gasteiger partial charge in [-0.15, -0.1) is 0 Å². The molecule has 0 heterocycles. The zero-order valence-corrected chi connectivity index (χ0v) is 23.8. The predicted octanol–water partition coefficient (Wildman–Crippen LogP) is 5.24. The quantitative estimate of drug-likeness (QED) is 0.323. The van der Waals surface area contributed by atoms with Crippen molar-refractivity contribution in [2.45, 2.75) is 37.8 Å². The summed E-state index contributed by atoms with van der Waals surface area (Å²) in [5.41, 5.74) is 1.14. The molecule has 1 N–H and O–H groups in total. The highest BCUT2D eigenvalue weighted by Gasteiger charge is 2.32. The van der Waals surface area contributed by atoms with Gasteiger partial charge in [-0.3, -0.25) is 13.9 Å². The van der Waals surface area contributed by atoms with E-state index >= 15 is 0 Å². The molecule has 2 amide bonds. The number of rotatable bonds is 11. The largest absolute Gasteiger partial charge is 0.354 e. The van der Waals surface area contributed by atoms with Gasteiger partial charge in [-0.1, -0.05) is 64.8 Å². The number of carbonyl (C=O) groups excluding carboxylic acids is 2. The summed E-state index contributed by atoms with van der Waals surface area (Å²) in [5.74, 6) is -0.817. The third kappa shape index (κ3) is 7.56. The molecule has 3 rings (SSSR count). The van der Waals surface area contributed by atoms with E-state index in [4.69, 9.17) is 11.6 Å². The molecule has 0 bridgehead atoms. The summed E-state index contributed by atoms with van der Waals surface area (Å²) in [5, 5.41) is 3.22. The fourth-order valence-corrected chi connectivity index (χ4v) is 5.43. The van der Waals surface area contributed by atoms with Crippen molar-refractivity contribution in [2.75, 3.05) is 17.4 Å². The van der Waals surface area contributed by atoms with Crippen LogP contribution < -0.4 is 9.62 Å². The van der Waals surface area contributed by atoms with Crippen LogP contribution in [0.15, 0.2) is 88.2 Å². The molecule has 1 atom stereocenters. The van der Waals surface area contributed by atoms with Crippen molar-refractivity contribution < 1.29 is 18.0 Å². The molecule has 0 saturated heterocycles. The Hall–Kier alpha value is -2.88. The van der Waals surface area contributed by atoms with E-state index < -0.39 is 28.5 Å². The van der Waals surface area contributed by atoms with Gasteiger partial charge < -0.3 is 10.2 Å². The first-order valence-corrected chi connectivity index (χ1v) is 14.4. The molecule has 0 aliphatic heterocycles. The smallest absolute Gasteiger partial charge is 0.264 e. The molecule has 3 aromatic carbocycles. The Morgan fingerprint density at radius 1 is 0.973 bits per heavy atom. The van der Waals surface area contributed by atoms with Crippen LogP contribution in [0.2, 0.25) is 5.02 Å². The van der Waals surface area contributed by atoms with Gasteiger partial charge in [-0.2, -0.15) is 0 Å². The molecule has 196 valence electrons. The van der Waals surface area contributed by atoms with Crippen LogP contribution in [0.25, 0.3) is 0 Å². The molecule has 7 nitrogen and oxygen atoms in total. The number of hydrogen-bond acceptors (Lipinski definition) is 4. The van der Waals surface area contributed by atoms with Crippen molar-refractivity contribution in [1.29, 1.82) is 0 Å². The Bertz CT molecular complexity index is 1300. The van der Waals surface area contributed by atoms with Crippen molar-refractivity contribution >= 4 is 55.1 Å². The number of carbonyl (C=O) groups is 2. The Labute approximate surface area is 231 Å². The van der Waals surface area contributed by atoms with E-state index in [2.05, 4.69) is 21.2 Å². The first-order valence-electron chi connectivity index (χ1n) is 11.8. The third-order valence-electron chi connectivity index (χ3n) is 5.71. The maximum Gasteiger partial charge on any atom is 0.264 e. The van der Waals surface area contributed by atoms with Gasteiger partial charge in [0.2, 0.25) is 11.8 Å². The van der Waals surface area contributed by atoms with E-state index in [0.717, 1.165) is 20.8 Å². The average Bonchev–Trinajstić information content (AvgIpc) is 2.90. The van der Waals surface area contributed by atoms with E-state index in [0.29, 0.717) is 17.3 Å². The summed E-state index contributed by atoms with van der Waals surface area (Å²) in [6, 6.07) is 20.7. The highest BCUT2D eigenvalue weighted by molar-refractivity contribution is 9.10. The summed E-state index contributed by atoms with van der Waals surface area (Å²) >= 11 is 9.36. The van der Waals surface area contributed by atoms with Gasteiger partial charge in [0.05, 0.1) is 10.6 Å². The Balaban J connectivity index is 1.98. The zero-order chi connectivity index (χ0) is 27.0. The van der Waals surface area contributed by atoms with Gasteiger partial charge in [-0.25, -0.2) is 8.42 Å². The molecule has 3 aromatic rings. The van der Waals surface area contributed by atoms with Gasteiger partial charge in [-0.05, 0) is 67.4 Å². The van der Waals surface area contributed by atoms with Gasteiger partial charge in [0.15, 0.2) is 0 Å². The number of nitrogens with zero attached hydrogens (tertiary/aromatic N) is 2. The second-order valence-corrected chi connectivity index (χ2v) is 11.6. The van der Waals surface area contributed by atoms with Gasteiger partial charge in [0.25, 0.3) is 10.0 Å². The van der Waals surface area contributed by atoms with Crippen LogP contribution in [0.1, 0.15) is 25.8 Å². The molecule has 0 aliphatic carbocycles.